The van der Waals surface area contributed by atoms with Crippen molar-refractivity contribution in [3.8, 4) is 6.07 Å². The van der Waals surface area contributed by atoms with Crippen molar-refractivity contribution in [2.24, 2.45) is 0 Å². The molecule has 0 aliphatic rings. The predicted molar refractivity (Wildman–Crippen MR) is 55.5 cm³/mol. The van der Waals surface area contributed by atoms with Crippen LogP contribution in [0.4, 0.5) is 0 Å². The molecular weight excluding hydrogens is 174 g/mol. The van der Waals surface area contributed by atoms with Crippen LogP contribution in [0.3, 0.4) is 0 Å². The Hall–Kier alpha value is -1.40. The summed E-state index contributed by atoms with van der Waals surface area (Å²) in [7, 11) is 0. The minimum Gasteiger partial charge on any atom is -0.308 e. The molecule has 0 fully saturated rings. The predicted octanol–water partition coefficient (Wildman–Crippen LogP) is 1.84. The monoisotopic (exact) mass is 189 g/mol. The normalized spacial score (nSPS) is 11.0. The zero-order valence-corrected chi connectivity index (χ0v) is 8.83. The Bertz CT molecular complexity index is 344. The number of nitrogens with zero attached hydrogens (tertiary/aromatic N) is 2. The number of hydrogen-bond donors (Lipinski definition) is 1. The number of nitrogens with one attached hydrogen (secondary N) is 1. The molecule has 0 spiro atoms. The van der Waals surface area contributed by atoms with Crippen LogP contribution < -0.4 is 5.32 Å². The first kappa shape index (κ1) is 10.7. The van der Waals surface area contributed by atoms with E-state index in [1.54, 1.807) is 6.20 Å². The van der Waals surface area contributed by atoms with Gasteiger partial charge in [-0.3, -0.25) is 0 Å². The highest BCUT2D eigenvalue weighted by Gasteiger charge is 2.10. The van der Waals surface area contributed by atoms with Crippen LogP contribution in [0.1, 0.15) is 32.0 Å². The van der Waals surface area contributed by atoms with Crippen molar-refractivity contribution in [2.75, 3.05) is 0 Å². The fourth-order valence-corrected chi connectivity index (χ4v) is 1.04. The lowest BCUT2D eigenvalue weighted by Crippen LogP contribution is -2.35. The Morgan fingerprint density at radius 2 is 2.21 bits per heavy atom. The summed E-state index contributed by atoms with van der Waals surface area (Å²) in [5, 5.41) is 12.1. The molecule has 0 saturated carbocycles. The molecule has 0 aromatic carbocycles. The Labute approximate surface area is 84.8 Å². The third kappa shape index (κ3) is 3.15. The van der Waals surface area contributed by atoms with Gasteiger partial charge in [0, 0.05) is 23.8 Å². The molecule has 0 bridgehead atoms. The topological polar surface area (TPSA) is 48.7 Å². The maximum Gasteiger partial charge on any atom is 0.144 e. The largest absolute Gasteiger partial charge is 0.308 e. The average molecular weight is 189 g/mol. The van der Waals surface area contributed by atoms with Crippen LogP contribution >= 0.6 is 0 Å². The molecule has 74 valence electrons. The summed E-state index contributed by atoms with van der Waals surface area (Å²) in [6.45, 7) is 6.96. The lowest BCUT2D eigenvalue weighted by Gasteiger charge is -2.20. The van der Waals surface area contributed by atoms with Gasteiger partial charge in [-0.15, -0.1) is 0 Å². The second-order valence-corrected chi connectivity index (χ2v) is 4.23. The van der Waals surface area contributed by atoms with Crippen molar-refractivity contribution in [1.82, 2.24) is 10.3 Å². The fourth-order valence-electron chi connectivity index (χ4n) is 1.04. The molecule has 1 aromatic rings. The van der Waals surface area contributed by atoms with Crippen LogP contribution in [0.15, 0.2) is 18.3 Å². The molecular formula is C11H15N3. The van der Waals surface area contributed by atoms with E-state index in [0.717, 1.165) is 5.56 Å². The van der Waals surface area contributed by atoms with Gasteiger partial charge >= 0.3 is 0 Å². The molecule has 0 unspecified atom stereocenters. The number of nitriles is 1. The summed E-state index contributed by atoms with van der Waals surface area (Å²) in [5.41, 5.74) is 1.51. The molecule has 1 N–H and O–H groups in total. The first-order chi connectivity index (χ1) is 6.53. The second kappa shape index (κ2) is 4.21. The molecule has 1 heterocycles. The van der Waals surface area contributed by atoms with Crippen molar-refractivity contribution >= 4 is 0 Å². The van der Waals surface area contributed by atoms with E-state index in [4.69, 9.17) is 5.26 Å². The van der Waals surface area contributed by atoms with E-state index in [-0.39, 0.29) is 5.54 Å². The summed E-state index contributed by atoms with van der Waals surface area (Å²) < 4.78 is 0. The zero-order chi connectivity index (χ0) is 10.6. The molecule has 0 radical (unpaired) electrons. The molecule has 0 atom stereocenters. The van der Waals surface area contributed by atoms with E-state index in [9.17, 15) is 0 Å². The van der Waals surface area contributed by atoms with E-state index < -0.39 is 0 Å². The van der Waals surface area contributed by atoms with Gasteiger partial charge in [0.2, 0.25) is 0 Å². The molecule has 1 aromatic heterocycles. The average Bonchev–Trinajstić information content (AvgIpc) is 2.14. The Morgan fingerprint density at radius 1 is 1.50 bits per heavy atom. The third-order valence-electron chi connectivity index (χ3n) is 1.81. The van der Waals surface area contributed by atoms with Crippen molar-refractivity contribution in [3.05, 3.63) is 29.6 Å². The zero-order valence-electron chi connectivity index (χ0n) is 8.83. The van der Waals surface area contributed by atoms with E-state index in [0.29, 0.717) is 12.2 Å². The highest BCUT2D eigenvalue weighted by Crippen LogP contribution is 2.06. The van der Waals surface area contributed by atoms with Gasteiger partial charge in [0.05, 0.1) is 0 Å². The lowest BCUT2D eigenvalue weighted by molar-refractivity contribution is 0.424. The highest BCUT2D eigenvalue weighted by molar-refractivity contribution is 5.30. The molecule has 0 saturated heterocycles. The summed E-state index contributed by atoms with van der Waals surface area (Å²) in [6.07, 6.45) is 1.64. The number of aromatic nitrogens is 1. The summed E-state index contributed by atoms with van der Waals surface area (Å²) in [6, 6.07) is 5.85. The first-order valence-corrected chi connectivity index (χ1v) is 4.62. The lowest BCUT2D eigenvalue weighted by atomic mass is 10.1. The van der Waals surface area contributed by atoms with Crippen molar-refractivity contribution in [2.45, 2.75) is 32.9 Å². The second-order valence-electron chi connectivity index (χ2n) is 4.23. The van der Waals surface area contributed by atoms with Gasteiger partial charge in [-0.2, -0.15) is 5.26 Å². The molecule has 0 aliphatic carbocycles. The van der Waals surface area contributed by atoms with Crippen LogP contribution in [0.2, 0.25) is 0 Å². The molecule has 3 nitrogen and oxygen atoms in total. The highest BCUT2D eigenvalue weighted by atomic mass is 14.9. The summed E-state index contributed by atoms with van der Waals surface area (Å²) in [4.78, 5) is 4.00. The van der Waals surface area contributed by atoms with Gasteiger partial charge < -0.3 is 5.32 Å². The fraction of sp³-hybridized carbons (Fsp3) is 0.455. The summed E-state index contributed by atoms with van der Waals surface area (Å²) >= 11 is 0. The van der Waals surface area contributed by atoms with E-state index >= 15 is 0 Å². The van der Waals surface area contributed by atoms with E-state index in [1.165, 1.54) is 0 Å². The minimum absolute atomic E-state index is 0.0581. The third-order valence-corrected chi connectivity index (χ3v) is 1.81. The number of rotatable bonds is 2. The number of hydrogen-bond acceptors (Lipinski definition) is 3. The van der Waals surface area contributed by atoms with Crippen molar-refractivity contribution in [1.29, 1.82) is 5.26 Å². The summed E-state index contributed by atoms with van der Waals surface area (Å²) in [5.74, 6) is 0. The van der Waals surface area contributed by atoms with Crippen molar-refractivity contribution in [3.63, 3.8) is 0 Å². The minimum atomic E-state index is 0.0581. The van der Waals surface area contributed by atoms with Crippen LogP contribution in [0, 0.1) is 11.3 Å². The van der Waals surface area contributed by atoms with E-state index in [2.05, 4.69) is 37.1 Å². The van der Waals surface area contributed by atoms with Gasteiger partial charge in [0.15, 0.2) is 0 Å². The SMILES string of the molecule is CC(C)(C)NCc1cccnc1C#N. The van der Waals surface area contributed by atoms with Gasteiger partial charge in [-0.05, 0) is 26.8 Å². The number of pyridine rings is 1. The Balaban J connectivity index is 2.73. The molecule has 14 heavy (non-hydrogen) atoms. The standard InChI is InChI=1S/C11H15N3/c1-11(2,3)14-8-9-5-4-6-13-10(9)7-12/h4-6,14H,8H2,1-3H3. The van der Waals surface area contributed by atoms with Gasteiger partial charge in [0.1, 0.15) is 11.8 Å². The Morgan fingerprint density at radius 3 is 2.79 bits per heavy atom. The van der Waals surface area contributed by atoms with Gasteiger partial charge in [-0.25, -0.2) is 4.98 Å². The van der Waals surface area contributed by atoms with Crippen LogP contribution in [0.25, 0.3) is 0 Å². The van der Waals surface area contributed by atoms with Gasteiger partial charge in [-0.1, -0.05) is 6.07 Å². The molecule has 0 amide bonds. The maximum absolute atomic E-state index is 8.81. The molecule has 3 heteroatoms. The van der Waals surface area contributed by atoms with Crippen LogP contribution in [0.5, 0.6) is 0 Å². The van der Waals surface area contributed by atoms with Crippen LogP contribution in [-0.2, 0) is 6.54 Å². The smallest absolute Gasteiger partial charge is 0.144 e. The van der Waals surface area contributed by atoms with Crippen LogP contribution in [-0.4, -0.2) is 10.5 Å². The Kier molecular flexibility index (Phi) is 3.21. The molecule has 0 aliphatic heterocycles. The van der Waals surface area contributed by atoms with E-state index in [1.807, 2.05) is 12.1 Å². The van der Waals surface area contributed by atoms with Crippen molar-refractivity contribution < 1.29 is 0 Å². The van der Waals surface area contributed by atoms with Gasteiger partial charge in [0.25, 0.3) is 0 Å². The maximum atomic E-state index is 8.81. The first-order valence-electron chi connectivity index (χ1n) is 4.62. The quantitative estimate of drug-likeness (QED) is 0.772. The molecule has 1 rings (SSSR count).